The van der Waals surface area contributed by atoms with E-state index < -0.39 is 0 Å². The number of likely N-dealkylation sites (N-methyl/N-ethyl adjacent to an activating group) is 1. The molecule has 5 heterocycles. The first-order valence-electron chi connectivity index (χ1n) is 11.2. The summed E-state index contributed by atoms with van der Waals surface area (Å²) in [5.74, 6) is 1.94. The molecule has 0 bridgehead atoms. The van der Waals surface area contributed by atoms with Crippen LogP contribution in [-0.2, 0) is 19.3 Å². The number of rotatable bonds is 6. The Bertz CT molecular complexity index is 1170. The normalized spacial score (nSPS) is 14.9. The molecule has 0 aromatic carbocycles. The van der Waals surface area contributed by atoms with Gasteiger partial charge in [0, 0.05) is 75.4 Å². The van der Waals surface area contributed by atoms with E-state index in [0.717, 1.165) is 73.9 Å². The summed E-state index contributed by atoms with van der Waals surface area (Å²) in [6.07, 6.45) is 12.3. The zero-order valence-corrected chi connectivity index (χ0v) is 18.8. The van der Waals surface area contributed by atoms with Crippen molar-refractivity contribution in [2.75, 3.05) is 38.1 Å². The largest absolute Gasteiger partial charge is 0.354 e. The van der Waals surface area contributed by atoms with Crippen LogP contribution in [0.25, 0.3) is 11.0 Å². The van der Waals surface area contributed by atoms with Gasteiger partial charge in [0.2, 0.25) is 0 Å². The topological polar surface area (TPSA) is 73.8 Å². The smallest absolute Gasteiger partial charge is 0.137 e. The zero-order chi connectivity index (χ0) is 21.9. The maximum absolute atomic E-state index is 4.69. The summed E-state index contributed by atoms with van der Waals surface area (Å²) in [5.41, 5.74) is 5.64. The van der Waals surface area contributed by atoms with Gasteiger partial charge >= 0.3 is 0 Å². The van der Waals surface area contributed by atoms with Crippen LogP contribution in [0.4, 0.5) is 5.82 Å². The quantitative estimate of drug-likeness (QED) is 0.509. The number of anilines is 1. The molecule has 0 saturated carbocycles. The van der Waals surface area contributed by atoms with Gasteiger partial charge < -0.3 is 14.8 Å². The third-order valence-electron chi connectivity index (χ3n) is 6.18. The van der Waals surface area contributed by atoms with Crippen LogP contribution in [0.2, 0.25) is 0 Å². The van der Waals surface area contributed by atoms with Gasteiger partial charge in [-0.05, 0) is 54.8 Å². The second-order valence-corrected chi connectivity index (χ2v) is 8.72. The van der Waals surface area contributed by atoms with Crippen molar-refractivity contribution in [3.63, 3.8) is 0 Å². The van der Waals surface area contributed by atoms with Gasteiger partial charge in [0.15, 0.2) is 0 Å². The molecule has 0 aliphatic carbocycles. The SMILES string of the molecule is Cc1cnc2[nH]cc(Cc3cnc(CCc4ccc(N5CCN(C)CC5)nc4)nc3)c2c1. The molecule has 1 fully saturated rings. The van der Waals surface area contributed by atoms with Crippen molar-refractivity contribution < 1.29 is 0 Å². The van der Waals surface area contributed by atoms with E-state index in [-0.39, 0.29) is 0 Å². The minimum atomic E-state index is 0.795. The van der Waals surface area contributed by atoms with Crippen molar-refractivity contribution in [3.8, 4) is 0 Å². The Balaban J connectivity index is 1.17. The Morgan fingerprint density at radius 1 is 0.875 bits per heavy atom. The lowest BCUT2D eigenvalue weighted by Crippen LogP contribution is -2.44. The molecule has 164 valence electrons. The summed E-state index contributed by atoms with van der Waals surface area (Å²) in [6, 6.07) is 6.50. The lowest BCUT2D eigenvalue weighted by atomic mass is 10.1. The molecule has 1 aliphatic rings. The summed E-state index contributed by atoms with van der Waals surface area (Å²) in [6.45, 7) is 6.33. The monoisotopic (exact) mass is 427 g/mol. The molecule has 5 rings (SSSR count). The molecule has 0 atom stereocenters. The number of pyridine rings is 2. The number of H-pyrrole nitrogens is 1. The van der Waals surface area contributed by atoms with Crippen molar-refractivity contribution in [1.29, 1.82) is 0 Å². The van der Waals surface area contributed by atoms with Gasteiger partial charge in [0.25, 0.3) is 0 Å². The summed E-state index contributed by atoms with van der Waals surface area (Å²) in [5, 5.41) is 1.17. The number of nitrogens with one attached hydrogen (secondary N) is 1. The number of aryl methyl sites for hydroxylation is 3. The Hall–Kier alpha value is -3.32. The number of hydrogen-bond donors (Lipinski definition) is 1. The van der Waals surface area contributed by atoms with Crippen LogP contribution in [0.5, 0.6) is 0 Å². The van der Waals surface area contributed by atoms with E-state index in [4.69, 9.17) is 0 Å². The van der Waals surface area contributed by atoms with Gasteiger partial charge in [0.1, 0.15) is 17.3 Å². The first kappa shape index (κ1) is 20.6. The molecule has 4 aromatic rings. The molecule has 4 aromatic heterocycles. The van der Waals surface area contributed by atoms with Crippen molar-refractivity contribution in [2.24, 2.45) is 0 Å². The highest BCUT2D eigenvalue weighted by Gasteiger charge is 2.15. The van der Waals surface area contributed by atoms with Gasteiger partial charge in [-0.1, -0.05) is 6.07 Å². The van der Waals surface area contributed by atoms with E-state index in [9.17, 15) is 0 Å². The van der Waals surface area contributed by atoms with E-state index in [0.29, 0.717) is 0 Å². The van der Waals surface area contributed by atoms with Crippen LogP contribution in [0.1, 0.15) is 28.1 Å². The third kappa shape index (κ3) is 4.62. The lowest BCUT2D eigenvalue weighted by Gasteiger charge is -2.33. The maximum atomic E-state index is 4.69. The molecule has 7 heteroatoms. The van der Waals surface area contributed by atoms with Crippen molar-refractivity contribution >= 4 is 16.9 Å². The highest BCUT2D eigenvalue weighted by molar-refractivity contribution is 5.80. The van der Waals surface area contributed by atoms with Crippen LogP contribution in [-0.4, -0.2) is 63.0 Å². The fraction of sp³-hybridized carbons (Fsp3) is 0.360. The van der Waals surface area contributed by atoms with Crippen LogP contribution in [0, 0.1) is 6.92 Å². The van der Waals surface area contributed by atoms with Gasteiger partial charge in [0.05, 0.1) is 0 Å². The number of nitrogens with zero attached hydrogens (tertiary/aromatic N) is 6. The summed E-state index contributed by atoms with van der Waals surface area (Å²) in [7, 11) is 2.17. The Kier molecular flexibility index (Phi) is 5.81. The third-order valence-corrected chi connectivity index (χ3v) is 6.18. The Morgan fingerprint density at radius 2 is 1.66 bits per heavy atom. The predicted molar refractivity (Wildman–Crippen MR) is 127 cm³/mol. The number of hydrogen-bond acceptors (Lipinski definition) is 6. The Labute approximate surface area is 188 Å². The first-order valence-corrected chi connectivity index (χ1v) is 11.2. The van der Waals surface area contributed by atoms with Crippen LogP contribution in [0.15, 0.2) is 49.2 Å². The number of piperazine rings is 1. The molecule has 7 nitrogen and oxygen atoms in total. The van der Waals surface area contributed by atoms with Crippen LogP contribution >= 0.6 is 0 Å². The van der Waals surface area contributed by atoms with Gasteiger partial charge in [-0.2, -0.15) is 0 Å². The zero-order valence-electron chi connectivity index (χ0n) is 18.8. The second kappa shape index (κ2) is 9.04. The van der Waals surface area contributed by atoms with Gasteiger partial charge in [-0.15, -0.1) is 0 Å². The second-order valence-electron chi connectivity index (χ2n) is 8.72. The predicted octanol–water partition coefficient (Wildman–Crippen LogP) is 3.18. The molecular weight excluding hydrogens is 398 g/mol. The molecule has 32 heavy (non-hydrogen) atoms. The van der Waals surface area contributed by atoms with E-state index in [2.05, 4.69) is 66.9 Å². The van der Waals surface area contributed by atoms with E-state index in [1.165, 1.54) is 16.5 Å². The molecule has 1 aliphatic heterocycles. The Morgan fingerprint density at radius 3 is 2.41 bits per heavy atom. The van der Waals surface area contributed by atoms with E-state index in [1.807, 2.05) is 31.0 Å². The minimum Gasteiger partial charge on any atom is -0.354 e. The maximum Gasteiger partial charge on any atom is 0.137 e. The highest BCUT2D eigenvalue weighted by atomic mass is 15.3. The fourth-order valence-electron chi connectivity index (χ4n) is 4.17. The average molecular weight is 428 g/mol. The first-order chi connectivity index (χ1) is 15.6. The van der Waals surface area contributed by atoms with Crippen LogP contribution < -0.4 is 4.90 Å². The van der Waals surface area contributed by atoms with Crippen molar-refractivity contribution in [2.45, 2.75) is 26.2 Å². The molecule has 1 N–H and O–H groups in total. The molecule has 0 unspecified atom stereocenters. The number of fused-ring (bicyclic) bond motifs is 1. The van der Waals surface area contributed by atoms with E-state index in [1.54, 1.807) is 0 Å². The number of aromatic amines is 1. The summed E-state index contributed by atoms with van der Waals surface area (Å²) < 4.78 is 0. The van der Waals surface area contributed by atoms with Gasteiger partial charge in [-0.3, -0.25) is 0 Å². The molecule has 0 spiro atoms. The summed E-state index contributed by atoms with van der Waals surface area (Å²) >= 11 is 0. The number of aromatic nitrogens is 5. The summed E-state index contributed by atoms with van der Waals surface area (Å²) in [4.78, 5) is 26.3. The van der Waals surface area contributed by atoms with Crippen molar-refractivity contribution in [3.05, 3.63) is 77.3 Å². The van der Waals surface area contributed by atoms with E-state index >= 15 is 0 Å². The van der Waals surface area contributed by atoms with Crippen molar-refractivity contribution in [1.82, 2.24) is 29.8 Å². The molecular formula is C25H29N7. The minimum absolute atomic E-state index is 0.795. The molecule has 1 saturated heterocycles. The lowest BCUT2D eigenvalue weighted by molar-refractivity contribution is 0.312. The molecule has 0 radical (unpaired) electrons. The average Bonchev–Trinajstić information content (AvgIpc) is 3.21. The molecule has 0 amide bonds. The standard InChI is InChI=1S/C25H29N7/c1-18-11-22-21(17-30-25(22)29-13-18)12-20-15-26-23(27-16-20)5-3-19-4-6-24(28-14-19)32-9-7-31(2)8-10-32/h4,6,11,13-17H,3,5,7-10,12H2,1-2H3,(H,29,30). The van der Waals surface area contributed by atoms with Gasteiger partial charge in [-0.25, -0.2) is 19.9 Å². The fourth-order valence-corrected chi connectivity index (χ4v) is 4.17. The highest BCUT2D eigenvalue weighted by Crippen LogP contribution is 2.20. The van der Waals surface area contributed by atoms with Crippen LogP contribution in [0.3, 0.4) is 0 Å².